The Morgan fingerprint density at radius 1 is 0.947 bits per heavy atom. The van der Waals surface area contributed by atoms with Gasteiger partial charge in [-0.3, -0.25) is 4.90 Å². The molecule has 2 N–H and O–H groups in total. The highest BCUT2D eigenvalue weighted by Crippen LogP contribution is 2.46. The fourth-order valence-corrected chi connectivity index (χ4v) is 3.88. The Hall–Kier alpha value is -0.120. The molecule has 2 saturated heterocycles. The lowest BCUT2D eigenvalue weighted by Crippen LogP contribution is -2.59. The Labute approximate surface area is 118 Å². The van der Waals surface area contributed by atoms with E-state index in [2.05, 4.69) is 37.9 Å². The molecule has 3 heteroatoms. The summed E-state index contributed by atoms with van der Waals surface area (Å²) in [6.45, 7) is 14.2. The van der Waals surface area contributed by atoms with E-state index in [9.17, 15) is 5.11 Å². The maximum Gasteiger partial charge on any atom is 0.0564 e. The number of aliphatic hydroxyl groups is 1. The summed E-state index contributed by atoms with van der Waals surface area (Å²) in [6.07, 6.45) is 4.39. The predicted molar refractivity (Wildman–Crippen MR) is 80.3 cm³/mol. The minimum absolute atomic E-state index is 0.0750. The Morgan fingerprint density at radius 3 is 2.00 bits per heavy atom. The molecule has 112 valence electrons. The molecule has 0 spiro atoms. The van der Waals surface area contributed by atoms with Crippen LogP contribution in [0.1, 0.15) is 53.4 Å². The Bertz CT molecular complexity index is 287. The topological polar surface area (TPSA) is 35.5 Å². The van der Waals surface area contributed by atoms with E-state index in [4.69, 9.17) is 0 Å². The Balaban J connectivity index is 2.07. The SMILES string of the molecule is CC(C)(C1CCNCC1)C(C)(C)N1CCC(O)CC1. The number of nitrogens with zero attached hydrogens (tertiary/aromatic N) is 1. The second-order valence-corrected chi connectivity index (χ2v) is 7.52. The van der Waals surface area contributed by atoms with Gasteiger partial charge < -0.3 is 10.4 Å². The second-order valence-electron chi connectivity index (χ2n) is 7.52. The van der Waals surface area contributed by atoms with Crippen molar-refractivity contribution in [3.63, 3.8) is 0 Å². The molecule has 0 saturated carbocycles. The van der Waals surface area contributed by atoms with Gasteiger partial charge in [0.2, 0.25) is 0 Å². The van der Waals surface area contributed by atoms with E-state index in [-0.39, 0.29) is 11.6 Å². The molecule has 2 aliphatic heterocycles. The van der Waals surface area contributed by atoms with Gasteiger partial charge in [0.05, 0.1) is 6.10 Å². The van der Waals surface area contributed by atoms with Crippen LogP contribution < -0.4 is 5.32 Å². The van der Waals surface area contributed by atoms with Gasteiger partial charge >= 0.3 is 0 Å². The van der Waals surface area contributed by atoms with Gasteiger partial charge in [-0.05, 0) is 64.0 Å². The zero-order valence-corrected chi connectivity index (χ0v) is 13.2. The highest BCUT2D eigenvalue weighted by Gasteiger charge is 2.46. The molecular weight excluding hydrogens is 236 g/mol. The van der Waals surface area contributed by atoms with Gasteiger partial charge in [-0.1, -0.05) is 13.8 Å². The lowest BCUT2D eigenvalue weighted by atomic mass is 9.62. The third-order valence-corrected chi connectivity index (χ3v) is 6.19. The molecule has 2 fully saturated rings. The van der Waals surface area contributed by atoms with Crippen LogP contribution in [-0.2, 0) is 0 Å². The zero-order valence-electron chi connectivity index (χ0n) is 13.2. The van der Waals surface area contributed by atoms with E-state index >= 15 is 0 Å². The first-order valence-electron chi connectivity index (χ1n) is 7.99. The lowest BCUT2D eigenvalue weighted by Gasteiger charge is -2.55. The number of hydrogen-bond acceptors (Lipinski definition) is 3. The lowest BCUT2D eigenvalue weighted by molar-refractivity contribution is -0.0601. The summed E-state index contributed by atoms with van der Waals surface area (Å²) in [7, 11) is 0. The first-order chi connectivity index (χ1) is 8.85. The van der Waals surface area contributed by atoms with E-state index in [0.29, 0.717) is 5.41 Å². The fourth-order valence-electron chi connectivity index (χ4n) is 3.88. The first kappa shape index (κ1) is 15.3. The van der Waals surface area contributed by atoms with Crippen LogP contribution in [0.3, 0.4) is 0 Å². The smallest absolute Gasteiger partial charge is 0.0564 e. The fraction of sp³-hybridized carbons (Fsp3) is 1.00. The summed E-state index contributed by atoms with van der Waals surface area (Å²) in [4.78, 5) is 2.61. The molecule has 0 unspecified atom stereocenters. The highest BCUT2D eigenvalue weighted by molar-refractivity contribution is 5.00. The number of aliphatic hydroxyl groups excluding tert-OH is 1. The monoisotopic (exact) mass is 268 g/mol. The van der Waals surface area contributed by atoms with Crippen LogP contribution in [-0.4, -0.2) is 47.8 Å². The van der Waals surface area contributed by atoms with Crippen LogP contribution >= 0.6 is 0 Å². The average Bonchev–Trinajstić information content (AvgIpc) is 2.40. The van der Waals surface area contributed by atoms with Gasteiger partial charge in [0.15, 0.2) is 0 Å². The molecule has 2 aliphatic rings. The maximum atomic E-state index is 9.71. The van der Waals surface area contributed by atoms with Gasteiger partial charge in [0.25, 0.3) is 0 Å². The van der Waals surface area contributed by atoms with Crippen LogP contribution in [0.2, 0.25) is 0 Å². The Kier molecular flexibility index (Phi) is 4.59. The van der Waals surface area contributed by atoms with Crippen molar-refractivity contribution < 1.29 is 5.11 Å². The van der Waals surface area contributed by atoms with E-state index in [1.165, 1.54) is 25.9 Å². The molecular formula is C16H32N2O. The molecule has 0 aromatic carbocycles. The van der Waals surface area contributed by atoms with Gasteiger partial charge in [-0.2, -0.15) is 0 Å². The first-order valence-corrected chi connectivity index (χ1v) is 7.99. The summed E-state index contributed by atoms with van der Waals surface area (Å²) in [5.41, 5.74) is 0.520. The van der Waals surface area contributed by atoms with Crippen LogP contribution in [0.5, 0.6) is 0 Å². The van der Waals surface area contributed by atoms with E-state index < -0.39 is 0 Å². The molecule has 0 aromatic heterocycles. The van der Waals surface area contributed by atoms with Gasteiger partial charge in [0.1, 0.15) is 0 Å². The summed E-state index contributed by atoms with van der Waals surface area (Å²) in [6, 6.07) is 0. The molecule has 0 atom stereocenters. The quantitative estimate of drug-likeness (QED) is 0.824. The maximum absolute atomic E-state index is 9.71. The van der Waals surface area contributed by atoms with Crippen molar-refractivity contribution in [1.82, 2.24) is 10.2 Å². The summed E-state index contributed by atoms with van der Waals surface area (Å²) >= 11 is 0. The number of nitrogens with one attached hydrogen (secondary N) is 1. The average molecular weight is 268 g/mol. The van der Waals surface area contributed by atoms with Gasteiger partial charge in [-0.25, -0.2) is 0 Å². The standard InChI is InChI=1S/C16H32N2O/c1-15(2,13-5-9-17-10-6-13)16(3,4)18-11-7-14(19)8-12-18/h13-14,17,19H,5-12H2,1-4H3. The molecule has 0 radical (unpaired) electrons. The van der Waals surface area contributed by atoms with Gasteiger partial charge in [0, 0.05) is 18.6 Å². The van der Waals surface area contributed by atoms with Crippen molar-refractivity contribution in [2.24, 2.45) is 11.3 Å². The number of rotatable bonds is 3. The zero-order chi connectivity index (χ0) is 14.1. The second kappa shape index (κ2) is 5.71. The third-order valence-electron chi connectivity index (χ3n) is 6.19. The molecule has 3 nitrogen and oxygen atoms in total. The van der Waals surface area contributed by atoms with Crippen molar-refractivity contribution in [3.05, 3.63) is 0 Å². The summed E-state index contributed by atoms with van der Waals surface area (Å²) in [5.74, 6) is 0.801. The van der Waals surface area contributed by atoms with Crippen LogP contribution in [0.25, 0.3) is 0 Å². The molecule has 2 heterocycles. The van der Waals surface area contributed by atoms with Crippen molar-refractivity contribution >= 4 is 0 Å². The van der Waals surface area contributed by atoms with Crippen LogP contribution in [0, 0.1) is 11.3 Å². The molecule has 0 amide bonds. The van der Waals surface area contributed by atoms with Crippen LogP contribution in [0.4, 0.5) is 0 Å². The summed E-state index contributed by atoms with van der Waals surface area (Å²) < 4.78 is 0. The van der Waals surface area contributed by atoms with E-state index in [1.807, 2.05) is 0 Å². The van der Waals surface area contributed by atoms with Crippen molar-refractivity contribution in [1.29, 1.82) is 0 Å². The minimum Gasteiger partial charge on any atom is -0.393 e. The number of piperidine rings is 2. The molecule has 0 aliphatic carbocycles. The van der Waals surface area contributed by atoms with Crippen LogP contribution in [0.15, 0.2) is 0 Å². The number of likely N-dealkylation sites (tertiary alicyclic amines) is 1. The Morgan fingerprint density at radius 2 is 1.47 bits per heavy atom. The number of hydrogen-bond donors (Lipinski definition) is 2. The van der Waals surface area contributed by atoms with Crippen molar-refractivity contribution in [3.8, 4) is 0 Å². The molecule has 0 bridgehead atoms. The van der Waals surface area contributed by atoms with Crippen molar-refractivity contribution in [2.75, 3.05) is 26.2 Å². The largest absolute Gasteiger partial charge is 0.393 e. The molecule has 0 aromatic rings. The van der Waals surface area contributed by atoms with E-state index in [0.717, 1.165) is 31.8 Å². The third kappa shape index (κ3) is 2.98. The normalized spacial score (nSPS) is 25.7. The molecule has 19 heavy (non-hydrogen) atoms. The molecule has 2 rings (SSSR count). The predicted octanol–water partition coefficient (Wildman–Crippen LogP) is 2.25. The van der Waals surface area contributed by atoms with Gasteiger partial charge in [-0.15, -0.1) is 0 Å². The minimum atomic E-state index is -0.0750. The van der Waals surface area contributed by atoms with Crippen molar-refractivity contribution in [2.45, 2.75) is 65.0 Å². The highest BCUT2D eigenvalue weighted by atomic mass is 16.3. The summed E-state index contributed by atoms with van der Waals surface area (Å²) in [5, 5.41) is 13.2. The van der Waals surface area contributed by atoms with E-state index in [1.54, 1.807) is 0 Å².